The van der Waals surface area contributed by atoms with Crippen LogP contribution in [0, 0.1) is 0 Å². The van der Waals surface area contributed by atoms with Gasteiger partial charge in [-0.25, -0.2) is 0 Å². The van der Waals surface area contributed by atoms with Crippen LogP contribution in [0.3, 0.4) is 0 Å². The van der Waals surface area contributed by atoms with Crippen molar-refractivity contribution in [2.75, 3.05) is 6.61 Å². The lowest BCUT2D eigenvalue weighted by Crippen LogP contribution is -1.89. The standard InChI is InChI=1S/C9H12O3/c10-6-2-4-7-3-1-5-8(11)9(7)12/h1,3,5,10-12H,2,4,6H2. The summed E-state index contributed by atoms with van der Waals surface area (Å²) in [4.78, 5) is 0. The third-order valence-electron chi connectivity index (χ3n) is 1.70. The van der Waals surface area contributed by atoms with E-state index in [1.54, 1.807) is 12.1 Å². The highest BCUT2D eigenvalue weighted by Gasteiger charge is 2.03. The number of aliphatic hydroxyl groups is 1. The molecule has 1 aromatic carbocycles. The number of aromatic hydroxyl groups is 2. The van der Waals surface area contributed by atoms with E-state index in [1.807, 2.05) is 0 Å². The van der Waals surface area contributed by atoms with E-state index in [0.29, 0.717) is 18.4 Å². The molecular formula is C9H12O3. The molecule has 0 aliphatic carbocycles. The molecule has 0 bridgehead atoms. The Hall–Kier alpha value is -1.22. The van der Waals surface area contributed by atoms with Gasteiger partial charge in [0.1, 0.15) is 0 Å². The highest BCUT2D eigenvalue weighted by atomic mass is 16.3. The highest BCUT2D eigenvalue weighted by molar-refractivity contribution is 5.44. The second-order valence-corrected chi connectivity index (χ2v) is 2.61. The molecule has 66 valence electrons. The highest BCUT2D eigenvalue weighted by Crippen LogP contribution is 2.28. The van der Waals surface area contributed by atoms with Gasteiger partial charge >= 0.3 is 0 Å². The van der Waals surface area contributed by atoms with Gasteiger partial charge in [-0.3, -0.25) is 0 Å². The average molecular weight is 168 g/mol. The quantitative estimate of drug-likeness (QED) is 0.590. The van der Waals surface area contributed by atoms with Crippen LogP contribution in [0.2, 0.25) is 0 Å². The van der Waals surface area contributed by atoms with E-state index in [9.17, 15) is 5.11 Å². The lowest BCUT2D eigenvalue weighted by Gasteiger charge is -2.03. The van der Waals surface area contributed by atoms with Crippen molar-refractivity contribution in [3.63, 3.8) is 0 Å². The first kappa shape index (κ1) is 8.87. The van der Waals surface area contributed by atoms with Crippen molar-refractivity contribution in [1.82, 2.24) is 0 Å². The van der Waals surface area contributed by atoms with Gasteiger partial charge in [-0.1, -0.05) is 12.1 Å². The molecule has 0 atom stereocenters. The summed E-state index contributed by atoms with van der Waals surface area (Å²) < 4.78 is 0. The summed E-state index contributed by atoms with van der Waals surface area (Å²) >= 11 is 0. The van der Waals surface area contributed by atoms with E-state index >= 15 is 0 Å². The van der Waals surface area contributed by atoms with Crippen LogP contribution in [0.25, 0.3) is 0 Å². The minimum absolute atomic E-state index is 0.0778. The Morgan fingerprint density at radius 3 is 2.58 bits per heavy atom. The summed E-state index contributed by atoms with van der Waals surface area (Å²) in [6.45, 7) is 0.0924. The van der Waals surface area contributed by atoms with Crippen molar-refractivity contribution in [3.05, 3.63) is 23.8 Å². The van der Waals surface area contributed by atoms with Crippen LogP contribution in [0.4, 0.5) is 0 Å². The summed E-state index contributed by atoms with van der Waals surface area (Å²) in [5.41, 5.74) is 0.670. The summed E-state index contributed by atoms with van der Waals surface area (Å²) in [7, 11) is 0. The normalized spacial score (nSPS) is 10.1. The number of rotatable bonds is 3. The maximum atomic E-state index is 9.29. The molecule has 3 heteroatoms. The summed E-state index contributed by atoms with van der Waals surface area (Å²) in [5, 5.41) is 26.9. The second kappa shape index (κ2) is 3.97. The van der Waals surface area contributed by atoms with Gasteiger partial charge in [-0.05, 0) is 24.5 Å². The third kappa shape index (κ3) is 1.89. The third-order valence-corrected chi connectivity index (χ3v) is 1.70. The van der Waals surface area contributed by atoms with Crippen molar-refractivity contribution in [3.8, 4) is 11.5 Å². The molecule has 0 saturated heterocycles. The number of benzene rings is 1. The van der Waals surface area contributed by atoms with Crippen molar-refractivity contribution in [2.24, 2.45) is 0 Å². The largest absolute Gasteiger partial charge is 0.504 e. The van der Waals surface area contributed by atoms with Crippen molar-refractivity contribution in [1.29, 1.82) is 0 Å². The molecule has 1 aromatic rings. The number of para-hydroxylation sites is 1. The smallest absolute Gasteiger partial charge is 0.160 e. The molecular weight excluding hydrogens is 156 g/mol. The van der Waals surface area contributed by atoms with E-state index in [-0.39, 0.29) is 18.1 Å². The average Bonchev–Trinajstić information content (AvgIpc) is 2.08. The van der Waals surface area contributed by atoms with Crippen LogP contribution in [-0.4, -0.2) is 21.9 Å². The van der Waals surface area contributed by atoms with Crippen LogP contribution in [0.15, 0.2) is 18.2 Å². The number of hydrogen-bond donors (Lipinski definition) is 3. The van der Waals surface area contributed by atoms with Gasteiger partial charge in [0, 0.05) is 6.61 Å². The molecule has 0 saturated carbocycles. The number of aryl methyl sites for hydroxylation is 1. The fourth-order valence-electron chi connectivity index (χ4n) is 1.05. The summed E-state index contributed by atoms with van der Waals surface area (Å²) in [6.07, 6.45) is 1.17. The van der Waals surface area contributed by atoms with E-state index < -0.39 is 0 Å². The molecule has 0 unspecified atom stereocenters. The second-order valence-electron chi connectivity index (χ2n) is 2.61. The minimum Gasteiger partial charge on any atom is -0.504 e. The Morgan fingerprint density at radius 1 is 1.17 bits per heavy atom. The van der Waals surface area contributed by atoms with E-state index in [4.69, 9.17) is 10.2 Å². The molecule has 12 heavy (non-hydrogen) atoms. The Labute approximate surface area is 70.9 Å². The molecule has 0 radical (unpaired) electrons. The molecule has 0 amide bonds. The topological polar surface area (TPSA) is 60.7 Å². The maximum Gasteiger partial charge on any atom is 0.160 e. The zero-order chi connectivity index (χ0) is 8.97. The molecule has 0 aliphatic rings. The molecule has 3 N–H and O–H groups in total. The van der Waals surface area contributed by atoms with Gasteiger partial charge in [0.15, 0.2) is 11.5 Å². The van der Waals surface area contributed by atoms with Crippen molar-refractivity contribution in [2.45, 2.75) is 12.8 Å². The Kier molecular flexibility index (Phi) is 2.94. The molecule has 1 rings (SSSR count). The summed E-state index contributed by atoms with van der Waals surface area (Å²) in [5.74, 6) is -0.184. The molecule has 0 heterocycles. The number of hydrogen-bond acceptors (Lipinski definition) is 3. The zero-order valence-corrected chi connectivity index (χ0v) is 6.70. The van der Waals surface area contributed by atoms with Gasteiger partial charge < -0.3 is 15.3 Å². The minimum atomic E-state index is -0.106. The van der Waals surface area contributed by atoms with E-state index in [0.717, 1.165) is 0 Å². The van der Waals surface area contributed by atoms with Gasteiger partial charge in [0.05, 0.1) is 0 Å². The first-order valence-corrected chi connectivity index (χ1v) is 3.86. The Morgan fingerprint density at radius 2 is 1.92 bits per heavy atom. The van der Waals surface area contributed by atoms with Crippen LogP contribution in [-0.2, 0) is 6.42 Å². The fraction of sp³-hybridized carbons (Fsp3) is 0.333. The van der Waals surface area contributed by atoms with Crippen LogP contribution >= 0.6 is 0 Å². The molecule has 0 spiro atoms. The first-order chi connectivity index (χ1) is 5.75. The lowest BCUT2D eigenvalue weighted by atomic mass is 10.1. The van der Waals surface area contributed by atoms with Crippen molar-refractivity contribution < 1.29 is 15.3 Å². The fourth-order valence-corrected chi connectivity index (χ4v) is 1.05. The van der Waals surface area contributed by atoms with Crippen molar-refractivity contribution >= 4 is 0 Å². The molecule has 3 nitrogen and oxygen atoms in total. The molecule has 0 aromatic heterocycles. The summed E-state index contributed by atoms with van der Waals surface area (Å²) in [6, 6.07) is 4.82. The SMILES string of the molecule is OCCCc1cccc(O)c1O. The number of phenols is 2. The first-order valence-electron chi connectivity index (χ1n) is 3.86. The van der Waals surface area contributed by atoms with Gasteiger partial charge in [0.25, 0.3) is 0 Å². The number of phenolic OH excluding ortho intramolecular Hbond substituents is 2. The molecule has 0 aliphatic heterocycles. The monoisotopic (exact) mass is 168 g/mol. The van der Waals surface area contributed by atoms with Gasteiger partial charge in [0.2, 0.25) is 0 Å². The van der Waals surface area contributed by atoms with Gasteiger partial charge in [-0.15, -0.1) is 0 Å². The zero-order valence-electron chi connectivity index (χ0n) is 6.70. The maximum absolute atomic E-state index is 9.29. The van der Waals surface area contributed by atoms with Gasteiger partial charge in [-0.2, -0.15) is 0 Å². The Balaban J connectivity index is 2.78. The predicted molar refractivity (Wildman–Crippen MR) is 45.2 cm³/mol. The lowest BCUT2D eigenvalue weighted by molar-refractivity contribution is 0.287. The van der Waals surface area contributed by atoms with E-state index in [1.165, 1.54) is 6.07 Å². The van der Waals surface area contributed by atoms with E-state index in [2.05, 4.69) is 0 Å². The van der Waals surface area contributed by atoms with Crippen LogP contribution in [0.5, 0.6) is 11.5 Å². The molecule has 0 fully saturated rings. The van der Waals surface area contributed by atoms with Crippen LogP contribution < -0.4 is 0 Å². The number of aliphatic hydroxyl groups excluding tert-OH is 1. The predicted octanol–water partition coefficient (Wildman–Crippen LogP) is 1.02. The van der Waals surface area contributed by atoms with Crippen LogP contribution in [0.1, 0.15) is 12.0 Å². The Bertz CT molecular complexity index is 258.